The average Bonchev–Trinajstić information content (AvgIpc) is 3.53. The number of nitrogens with zero attached hydrogens (tertiary/aromatic N) is 7. The van der Waals surface area contributed by atoms with Gasteiger partial charge in [-0.15, -0.1) is 0 Å². The molecule has 10 heteroatoms. The summed E-state index contributed by atoms with van der Waals surface area (Å²) in [6.07, 6.45) is 12.8. The number of pyridine rings is 3. The van der Waals surface area contributed by atoms with Crippen molar-refractivity contribution in [1.82, 2.24) is 34.5 Å². The number of carbonyl (C=O) groups excluding carboxylic acids is 1. The Kier molecular flexibility index (Phi) is 5.31. The summed E-state index contributed by atoms with van der Waals surface area (Å²) in [5.41, 5.74) is 8.11. The number of aromatic nitrogens is 7. The summed E-state index contributed by atoms with van der Waals surface area (Å²) in [7, 11) is 0. The van der Waals surface area contributed by atoms with Crippen LogP contribution < -0.4 is 5.32 Å². The van der Waals surface area contributed by atoms with Crippen LogP contribution in [-0.4, -0.2) is 52.6 Å². The van der Waals surface area contributed by atoms with Crippen LogP contribution in [0.2, 0.25) is 0 Å². The van der Waals surface area contributed by atoms with E-state index in [0.29, 0.717) is 29.4 Å². The zero-order valence-electron chi connectivity index (χ0n) is 20.8. The number of aliphatic imine (C=N–C) groups is 1. The summed E-state index contributed by atoms with van der Waals surface area (Å²) in [5.74, 6) is 0.796. The number of aryl methyl sites for hydroxylation is 1. The molecule has 188 valence electrons. The minimum atomic E-state index is 0.0618. The number of amides is 1. The molecule has 6 heterocycles. The fraction of sp³-hybridized carbons (Fsp3) is 0.250. The van der Waals surface area contributed by atoms with Crippen LogP contribution in [0.3, 0.4) is 0 Å². The molecule has 38 heavy (non-hydrogen) atoms. The number of rotatable bonds is 5. The van der Waals surface area contributed by atoms with Gasteiger partial charge in [0.25, 0.3) is 0 Å². The molecular formula is C28H25N9O. The maximum absolute atomic E-state index is 12.4. The zero-order valence-corrected chi connectivity index (χ0v) is 20.8. The molecule has 1 amide bonds. The molecule has 0 unspecified atom stereocenters. The first-order valence-corrected chi connectivity index (χ1v) is 12.8. The van der Waals surface area contributed by atoms with Crippen LogP contribution in [-0.2, 0) is 11.2 Å². The van der Waals surface area contributed by atoms with Crippen molar-refractivity contribution in [2.45, 2.75) is 32.6 Å². The Morgan fingerprint density at radius 3 is 2.87 bits per heavy atom. The molecule has 2 N–H and O–H groups in total. The summed E-state index contributed by atoms with van der Waals surface area (Å²) >= 11 is 0. The standard InChI is InChI=1S/C28H25N9O/c1-16-14-37(15-32-16)22-8-10-31-26-24(22)35-27(36-26)25-23-17(7-9-30-25)5-6-21(34-23)19-11-20(13-29-12-19)33-28(38)18-3-2-4-18/h5-6,8,10-15,18H,2-4,7,9H2,1H3,(H,33,38)(H,31,35,36). The van der Waals surface area contributed by atoms with E-state index in [1.54, 1.807) is 24.9 Å². The van der Waals surface area contributed by atoms with E-state index in [-0.39, 0.29) is 11.8 Å². The maximum Gasteiger partial charge on any atom is 0.227 e. The van der Waals surface area contributed by atoms with Crippen LogP contribution in [0.5, 0.6) is 0 Å². The van der Waals surface area contributed by atoms with Gasteiger partial charge in [0.1, 0.15) is 11.2 Å². The second-order valence-corrected chi connectivity index (χ2v) is 9.80. The Morgan fingerprint density at radius 1 is 1.13 bits per heavy atom. The number of nitrogens with one attached hydrogen (secondary N) is 2. The highest BCUT2D eigenvalue weighted by molar-refractivity contribution is 6.12. The molecule has 1 fully saturated rings. The van der Waals surface area contributed by atoms with Crippen molar-refractivity contribution in [3.8, 4) is 16.9 Å². The van der Waals surface area contributed by atoms with Crippen LogP contribution in [0.25, 0.3) is 28.1 Å². The lowest BCUT2D eigenvalue weighted by Gasteiger charge is -2.24. The fourth-order valence-corrected chi connectivity index (χ4v) is 4.94. The highest BCUT2D eigenvalue weighted by Crippen LogP contribution is 2.29. The number of imidazole rings is 2. The van der Waals surface area contributed by atoms with Crippen LogP contribution >= 0.6 is 0 Å². The minimum absolute atomic E-state index is 0.0618. The van der Waals surface area contributed by atoms with Gasteiger partial charge in [-0.3, -0.25) is 14.8 Å². The van der Waals surface area contributed by atoms with Crippen molar-refractivity contribution in [2.75, 3.05) is 11.9 Å². The van der Waals surface area contributed by atoms with Gasteiger partial charge in [0.05, 0.1) is 41.0 Å². The van der Waals surface area contributed by atoms with Crippen molar-refractivity contribution in [1.29, 1.82) is 0 Å². The van der Waals surface area contributed by atoms with Gasteiger partial charge in [0.15, 0.2) is 11.5 Å². The maximum atomic E-state index is 12.4. The number of H-pyrrole nitrogens is 1. The quantitative estimate of drug-likeness (QED) is 0.373. The Balaban J connectivity index is 1.24. The first-order valence-electron chi connectivity index (χ1n) is 12.8. The van der Waals surface area contributed by atoms with Gasteiger partial charge in [0, 0.05) is 36.6 Å². The smallest absolute Gasteiger partial charge is 0.227 e. The molecule has 10 nitrogen and oxygen atoms in total. The lowest BCUT2D eigenvalue weighted by Crippen LogP contribution is -2.28. The average molecular weight is 504 g/mol. The van der Waals surface area contributed by atoms with E-state index < -0.39 is 0 Å². The van der Waals surface area contributed by atoms with Crippen LogP contribution in [0.15, 0.2) is 60.4 Å². The van der Waals surface area contributed by atoms with Crippen LogP contribution in [0.1, 0.15) is 42.0 Å². The number of hydrogen-bond donors (Lipinski definition) is 2. The van der Waals surface area contributed by atoms with Gasteiger partial charge in [-0.1, -0.05) is 12.5 Å². The molecule has 0 atom stereocenters. The van der Waals surface area contributed by atoms with Gasteiger partial charge in [-0.25, -0.2) is 19.9 Å². The van der Waals surface area contributed by atoms with E-state index >= 15 is 0 Å². The highest BCUT2D eigenvalue weighted by Gasteiger charge is 2.26. The number of hydrogen-bond acceptors (Lipinski definition) is 7. The Morgan fingerprint density at radius 2 is 2.05 bits per heavy atom. The predicted molar refractivity (Wildman–Crippen MR) is 143 cm³/mol. The van der Waals surface area contributed by atoms with E-state index in [1.165, 1.54) is 0 Å². The van der Waals surface area contributed by atoms with E-state index in [9.17, 15) is 4.79 Å². The van der Waals surface area contributed by atoms with Gasteiger partial charge < -0.3 is 14.9 Å². The molecule has 1 saturated carbocycles. The SMILES string of the molecule is Cc1cn(-c2ccnc3[nH]c(C4=NCCc5ccc(-c6cncc(NC(=O)C7CCC7)c6)nc54)nc23)cn1. The third kappa shape index (κ3) is 3.94. The summed E-state index contributed by atoms with van der Waals surface area (Å²) in [6, 6.07) is 7.93. The number of fused-ring (bicyclic) bond motifs is 2. The lowest BCUT2D eigenvalue weighted by molar-refractivity contribution is -0.122. The molecule has 5 aromatic rings. The first kappa shape index (κ1) is 22.5. The van der Waals surface area contributed by atoms with Gasteiger partial charge in [-0.05, 0) is 49.9 Å². The van der Waals surface area contributed by atoms with E-state index in [4.69, 9.17) is 15.0 Å². The molecule has 5 aromatic heterocycles. The molecular weight excluding hydrogens is 478 g/mol. The summed E-state index contributed by atoms with van der Waals surface area (Å²) in [5, 5.41) is 3.00. The second kappa shape index (κ2) is 8.98. The van der Waals surface area contributed by atoms with E-state index in [2.05, 4.69) is 31.3 Å². The van der Waals surface area contributed by atoms with E-state index in [1.807, 2.05) is 35.9 Å². The minimum Gasteiger partial charge on any atom is -0.324 e. The van der Waals surface area contributed by atoms with Gasteiger partial charge >= 0.3 is 0 Å². The van der Waals surface area contributed by atoms with Crippen molar-refractivity contribution in [2.24, 2.45) is 10.9 Å². The first-order chi connectivity index (χ1) is 18.6. The lowest BCUT2D eigenvalue weighted by atomic mass is 9.85. The highest BCUT2D eigenvalue weighted by atomic mass is 16.1. The molecule has 7 rings (SSSR count). The summed E-state index contributed by atoms with van der Waals surface area (Å²) < 4.78 is 1.95. The zero-order chi connectivity index (χ0) is 25.6. The molecule has 0 saturated heterocycles. The van der Waals surface area contributed by atoms with E-state index in [0.717, 1.165) is 65.1 Å². The normalized spacial score (nSPS) is 15.1. The van der Waals surface area contributed by atoms with Crippen molar-refractivity contribution in [3.05, 3.63) is 78.2 Å². The Hall–Kier alpha value is -4.73. The number of anilines is 1. The van der Waals surface area contributed by atoms with Crippen molar-refractivity contribution in [3.63, 3.8) is 0 Å². The molecule has 2 aliphatic rings. The third-order valence-corrected chi connectivity index (χ3v) is 7.21. The number of aromatic amines is 1. The molecule has 0 radical (unpaired) electrons. The third-order valence-electron chi connectivity index (χ3n) is 7.21. The predicted octanol–water partition coefficient (Wildman–Crippen LogP) is 4.04. The van der Waals surface area contributed by atoms with Gasteiger partial charge in [-0.2, -0.15) is 0 Å². The molecule has 0 bridgehead atoms. The Labute approximate surface area is 218 Å². The molecule has 1 aliphatic carbocycles. The van der Waals surface area contributed by atoms with Gasteiger partial charge in [0.2, 0.25) is 5.91 Å². The topological polar surface area (TPSA) is 127 Å². The fourth-order valence-electron chi connectivity index (χ4n) is 4.94. The van der Waals surface area contributed by atoms with Crippen molar-refractivity contribution < 1.29 is 4.79 Å². The summed E-state index contributed by atoms with van der Waals surface area (Å²) in [4.78, 5) is 43.7. The monoisotopic (exact) mass is 503 g/mol. The Bertz CT molecular complexity index is 1730. The molecule has 0 spiro atoms. The molecule has 0 aromatic carbocycles. The number of carbonyl (C=O) groups is 1. The van der Waals surface area contributed by atoms with Crippen molar-refractivity contribution >= 4 is 28.5 Å². The second-order valence-electron chi connectivity index (χ2n) is 9.80. The largest absolute Gasteiger partial charge is 0.324 e. The van der Waals surface area contributed by atoms with Crippen LogP contribution in [0, 0.1) is 12.8 Å². The summed E-state index contributed by atoms with van der Waals surface area (Å²) in [6.45, 7) is 2.61. The molecule has 1 aliphatic heterocycles. The van der Waals surface area contributed by atoms with Crippen LogP contribution in [0.4, 0.5) is 5.69 Å².